The molecule has 0 aliphatic heterocycles. The predicted molar refractivity (Wildman–Crippen MR) is 27.9 cm³/mol. The van der Waals surface area contributed by atoms with Crippen LogP contribution in [-0.4, -0.2) is 5.10 Å². The molecule has 0 aliphatic carbocycles. The number of rotatable bonds is 0. The molecule has 3 heteroatoms. The molecule has 0 unspecified atom stereocenters. The maximum atomic E-state index is 10.4. The van der Waals surface area contributed by atoms with Gasteiger partial charge in [-0.25, -0.2) is 0 Å². The van der Waals surface area contributed by atoms with Gasteiger partial charge >= 0.3 is 0 Å². The first kappa shape index (κ1) is 5.03. The molecular formula is C5H6N2O. The van der Waals surface area contributed by atoms with Gasteiger partial charge in [-0.05, 0) is 6.07 Å². The molecule has 3 nitrogen and oxygen atoms in total. The zero-order valence-electron chi connectivity index (χ0n) is 4.53. The van der Waals surface area contributed by atoms with Crippen LogP contribution < -0.4 is 4.85 Å². The summed E-state index contributed by atoms with van der Waals surface area (Å²) in [5.41, 5.74) is 0.618. The summed E-state index contributed by atoms with van der Waals surface area (Å²) in [6.07, 6.45) is 1.46. The Labute approximate surface area is 47.2 Å². The van der Waals surface area contributed by atoms with E-state index in [1.54, 1.807) is 19.1 Å². The van der Waals surface area contributed by atoms with Gasteiger partial charge in [-0.1, -0.05) is 4.85 Å². The fourth-order valence-electron chi connectivity index (χ4n) is 0.436. The summed E-state index contributed by atoms with van der Waals surface area (Å²) in [5.74, 6) is 0. The van der Waals surface area contributed by atoms with E-state index in [9.17, 15) is 5.21 Å². The fraction of sp³-hybridized carbons (Fsp3) is 0.200. The molecule has 0 saturated carbocycles. The molecule has 0 amide bonds. The normalized spacial score (nSPS) is 9.12. The highest BCUT2D eigenvalue weighted by atomic mass is 16.5. The fourth-order valence-corrected chi connectivity index (χ4v) is 0.436. The molecule has 0 saturated heterocycles. The van der Waals surface area contributed by atoms with Crippen LogP contribution in [0.4, 0.5) is 0 Å². The van der Waals surface area contributed by atoms with Gasteiger partial charge in [-0.3, -0.25) is 0 Å². The Morgan fingerprint density at radius 2 is 2.50 bits per heavy atom. The molecule has 1 rings (SSSR count). The van der Waals surface area contributed by atoms with E-state index in [0.29, 0.717) is 10.5 Å². The van der Waals surface area contributed by atoms with Gasteiger partial charge in [0.2, 0.25) is 5.69 Å². The van der Waals surface area contributed by atoms with Gasteiger partial charge in [0.05, 0.1) is 6.20 Å². The van der Waals surface area contributed by atoms with Crippen molar-refractivity contribution in [3.8, 4) is 0 Å². The molecule has 0 atom stereocenters. The van der Waals surface area contributed by atoms with Gasteiger partial charge in [0.15, 0.2) is 0 Å². The van der Waals surface area contributed by atoms with Crippen molar-refractivity contribution in [2.45, 2.75) is 6.92 Å². The lowest BCUT2D eigenvalue weighted by atomic mass is 10.4. The molecule has 42 valence electrons. The first-order chi connectivity index (χ1) is 3.80. The minimum atomic E-state index is 0.583. The molecule has 0 bridgehead atoms. The molecule has 0 spiro atoms. The van der Waals surface area contributed by atoms with E-state index < -0.39 is 0 Å². The summed E-state index contributed by atoms with van der Waals surface area (Å²) in [5, 5.41) is 13.9. The second-order valence-electron chi connectivity index (χ2n) is 1.54. The van der Waals surface area contributed by atoms with Gasteiger partial charge in [0.1, 0.15) is 0 Å². The molecule has 0 aliphatic rings. The summed E-state index contributed by atoms with van der Waals surface area (Å²) in [6.45, 7) is 1.71. The van der Waals surface area contributed by atoms with Crippen LogP contribution in [0.5, 0.6) is 0 Å². The van der Waals surface area contributed by atoms with Crippen molar-refractivity contribution < 1.29 is 4.85 Å². The molecule has 8 heavy (non-hydrogen) atoms. The standard InChI is InChI=1S/C5H6N2O/c1-5-3-2-4-6-7(5)8/h2-4H,1H3. The van der Waals surface area contributed by atoms with Crippen LogP contribution in [0.15, 0.2) is 18.3 Å². The third kappa shape index (κ3) is 0.753. The molecule has 0 radical (unpaired) electrons. The van der Waals surface area contributed by atoms with Crippen molar-refractivity contribution in [1.29, 1.82) is 0 Å². The van der Waals surface area contributed by atoms with Crippen molar-refractivity contribution in [3.63, 3.8) is 0 Å². The van der Waals surface area contributed by atoms with Crippen molar-refractivity contribution >= 4 is 0 Å². The molecule has 1 heterocycles. The van der Waals surface area contributed by atoms with Crippen molar-refractivity contribution in [2.75, 3.05) is 0 Å². The molecule has 1 aromatic rings. The third-order valence-corrected chi connectivity index (χ3v) is 0.897. The highest BCUT2D eigenvalue weighted by Crippen LogP contribution is 1.80. The van der Waals surface area contributed by atoms with Crippen molar-refractivity contribution in [2.24, 2.45) is 0 Å². The van der Waals surface area contributed by atoms with Gasteiger partial charge in [0, 0.05) is 18.1 Å². The van der Waals surface area contributed by atoms with E-state index in [1.165, 1.54) is 6.20 Å². The second-order valence-corrected chi connectivity index (χ2v) is 1.54. The lowest BCUT2D eigenvalue weighted by Gasteiger charge is -1.91. The number of hydrogen-bond donors (Lipinski definition) is 0. The quantitative estimate of drug-likeness (QED) is 0.349. The molecule has 0 aromatic carbocycles. The smallest absolute Gasteiger partial charge is 0.218 e. The van der Waals surface area contributed by atoms with E-state index >= 15 is 0 Å². The first-order valence-corrected chi connectivity index (χ1v) is 2.32. The maximum absolute atomic E-state index is 10.4. The summed E-state index contributed by atoms with van der Waals surface area (Å²) in [4.78, 5) is 0.583. The molecular weight excluding hydrogens is 104 g/mol. The largest absolute Gasteiger partial charge is 0.594 e. The third-order valence-electron chi connectivity index (χ3n) is 0.897. The number of aromatic nitrogens is 2. The second kappa shape index (κ2) is 1.78. The number of hydrogen-bond acceptors (Lipinski definition) is 2. The summed E-state index contributed by atoms with van der Waals surface area (Å²) in [6, 6.07) is 3.43. The van der Waals surface area contributed by atoms with E-state index in [-0.39, 0.29) is 0 Å². The van der Waals surface area contributed by atoms with Crippen molar-refractivity contribution in [3.05, 3.63) is 29.2 Å². The first-order valence-electron chi connectivity index (χ1n) is 2.32. The van der Waals surface area contributed by atoms with Crippen LogP contribution in [0.25, 0.3) is 0 Å². The minimum Gasteiger partial charge on any atom is -0.594 e. The van der Waals surface area contributed by atoms with E-state index in [0.717, 1.165) is 0 Å². The van der Waals surface area contributed by atoms with Crippen LogP contribution in [0, 0.1) is 12.1 Å². The van der Waals surface area contributed by atoms with Crippen LogP contribution in [0.2, 0.25) is 0 Å². The summed E-state index contributed by atoms with van der Waals surface area (Å²) < 4.78 is 0. The Morgan fingerprint density at radius 3 is 2.88 bits per heavy atom. The zero-order valence-corrected chi connectivity index (χ0v) is 4.53. The molecule has 0 N–H and O–H groups in total. The Balaban J connectivity index is 3.13. The maximum Gasteiger partial charge on any atom is 0.218 e. The molecule has 0 fully saturated rings. The highest BCUT2D eigenvalue weighted by molar-refractivity contribution is 4.89. The monoisotopic (exact) mass is 110 g/mol. The van der Waals surface area contributed by atoms with Gasteiger partial charge < -0.3 is 5.21 Å². The summed E-state index contributed by atoms with van der Waals surface area (Å²) >= 11 is 0. The van der Waals surface area contributed by atoms with Crippen LogP contribution >= 0.6 is 0 Å². The summed E-state index contributed by atoms with van der Waals surface area (Å²) in [7, 11) is 0. The SMILES string of the molecule is Cc1cccn[n+]1[O-]. The van der Waals surface area contributed by atoms with E-state index in [1.807, 2.05) is 0 Å². The zero-order chi connectivity index (χ0) is 5.98. The topological polar surface area (TPSA) is 39.8 Å². The predicted octanol–water partition coefficient (Wildman–Crippen LogP) is 0.0234. The Morgan fingerprint density at radius 1 is 1.75 bits per heavy atom. The number of aryl methyl sites for hydroxylation is 1. The van der Waals surface area contributed by atoms with Crippen molar-refractivity contribution in [1.82, 2.24) is 5.10 Å². The average Bonchev–Trinajstić information content (AvgIpc) is 1.77. The highest BCUT2D eigenvalue weighted by Gasteiger charge is 1.91. The van der Waals surface area contributed by atoms with Gasteiger partial charge in [-0.2, -0.15) is 0 Å². The Hall–Kier alpha value is -1.12. The molecule has 1 aromatic heterocycles. The van der Waals surface area contributed by atoms with Crippen LogP contribution in [-0.2, 0) is 0 Å². The van der Waals surface area contributed by atoms with E-state index in [2.05, 4.69) is 5.10 Å². The Kier molecular flexibility index (Phi) is 1.12. The number of nitrogens with zero attached hydrogens (tertiary/aromatic N) is 2. The van der Waals surface area contributed by atoms with Crippen LogP contribution in [0.1, 0.15) is 5.69 Å². The van der Waals surface area contributed by atoms with Gasteiger partial charge in [-0.15, -0.1) is 0 Å². The lowest BCUT2D eigenvalue weighted by Crippen LogP contribution is -2.33. The van der Waals surface area contributed by atoms with Crippen LogP contribution in [0.3, 0.4) is 0 Å². The lowest BCUT2D eigenvalue weighted by molar-refractivity contribution is -0.675. The minimum absolute atomic E-state index is 0.583. The average molecular weight is 110 g/mol. The Bertz CT molecular complexity index is 167. The van der Waals surface area contributed by atoms with Gasteiger partial charge in [0.25, 0.3) is 0 Å². The van der Waals surface area contributed by atoms with E-state index in [4.69, 9.17) is 0 Å².